The largest absolute Gasteiger partial charge is 0.334 e. The van der Waals surface area contributed by atoms with Gasteiger partial charge in [-0.15, -0.1) is 11.6 Å². The molecule has 0 amide bonds. The van der Waals surface area contributed by atoms with Gasteiger partial charge in [-0.3, -0.25) is 0 Å². The highest BCUT2D eigenvalue weighted by molar-refractivity contribution is 9.10. The summed E-state index contributed by atoms with van der Waals surface area (Å²) in [4.78, 5) is 4.30. The minimum absolute atomic E-state index is 0.197. The summed E-state index contributed by atoms with van der Waals surface area (Å²) < 4.78 is 6.16. The Morgan fingerprint density at radius 3 is 2.88 bits per heavy atom. The molecule has 0 fully saturated rings. The molecule has 0 saturated carbocycles. The summed E-state index contributed by atoms with van der Waals surface area (Å²) in [6, 6.07) is 5.96. The second-order valence-electron chi connectivity index (χ2n) is 3.82. The van der Waals surface area contributed by atoms with Gasteiger partial charge in [0.15, 0.2) is 5.82 Å². The topological polar surface area (TPSA) is 38.9 Å². The van der Waals surface area contributed by atoms with Gasteiger partial charge in [-0.2, -0.15) is 4.98 Å². The maximum Gasteiger partial charge on any atom is 0.259 e. The molecule has 17 heavy (non-hydrogen) atoms. The Morgan fingerprint density at radius 2 is 2.24 bits per heavy atom. The van der Waals surface area contributed by atoms with E-state index >= 15 is 0 Å². The molecule has 3 nitrogen and oxygen atoms in total. The van der Waals surface area contributed by atoms with Gasteiger partial charge < -0.3 is 4.52 Å². The van der Waals surface area contributed by atoms with Crippen LogP contribution in [0.25, 0.3) is 11.5 Å². The molecule has 0 bridgehead atoms. The van der Waals surface area contributed by atoms with Crippen LogP contribution < -0.4 is 0 Å². The highest BCUT2D eigenvalue weighted by Gasteiger charge is 2.16. The molecular formula is C12H12BrClN2O. The number of aryl methyl sites for hydroxylation is 1. The van der Waals surface area contributed by atoms with Crippen molar-refractivity contribution in [1.82, 2.24) is 10.1 Å². The fourth-order valence-corrected chi connectivity index (χ4v) is 2.20. The Labute approximate surface area is 113 Å². The standard InChI is InChI=1S/C12H12BrClN2O/c1-3-10(14)11-15-12(17-16-11)8-5-4-7(2)6-9(8)13/h4-6,10H,3H2,1-2H3. The van der Waals surface area contributed by atoms with Gasteiger partial charge in [-0.1, -0.05) is 18.1 Å². The van der Waals surface area contributed by atoms with Crippen LogP contribution in [0.2, 0.25) is 0 Å². The third-order valence-corrected chi connectivity index (χ3v) is 3.60. The Morgan fingerprint density at radius 1 is 1.47 bits per heavy atom. The number of rotatable bonds is 3. The van der Waals surface area contributed by atoms with E-state index in [0.717, 1.165) is 16.5 Å². The molecule has 1 aromatic carbocycles. The molecule has 0 aliphatic carbocycles. The first-order valence-corrected chi connectivity index (χ1v) is 6.59. The highest BCUT2D eigenvalue weighted by Crippen LogP contribution is 2.29. The molecular weight excluding hydrogens is 304 g/mol. The van der Waals surface area contributed by atoms with Crippen LogP contribution in [-0.4, -0.2) is 10.1 Å². The average molecular weight is 316 g/mol. The zero-order chi connectivity index (χ0) is 12.4. The number of hydrogen-bond donors (Lipinski definition) is 0. The van der Waals surface area contributed by atoms with E-state index in [4.69, 9.17) is 16.1 Å². The van der Waals surface area contributed by atoms with E-state index in [2.05, 4.69) is 26.1 Å². The van der Waals surface area contributed by atoms with Gasteiger partial charge in [0.1, 0.15) is 0 Å². The van der Waals surface area contributed by atoms with Crippen molar-refractivity contribution >= 4 is 27.5 Å². The zero-order valence-corrected chi connectivity index (χ0v) is 11.9. The van der Waals surface area contributed by atoms with E-state index in [1.165, 1.54) is 5.56 Å². The van der Waals surface area contributed by atoms with Crippen LogP contribution in [0.4, 0.5) is 0 Å². The van der Waals surface area contributed by atoms with Crippen LogP contribution in [0.1, 0.15) is 30.1 Å². The smallest absolute Gasteiger partial charge is 0.259 e. The first kappa shape index (κ1) is 12.6. The summed E-state index contributed by atoms with van der Waals surface area (Å²) in [5.74, 6) is 1.03. The molecule has 5 heteroatoms. The van der Waals surface area contributed by atoms with E-state index < -0.39 is 0 Å². The SMILES string of the molecule is CCC(Cl)c1noc(-c2ccc(C)cc2Br)n1. The molecule has 0 aliphatic heterocycles. The molecule has 1 aromatic heterocycles. The first-order valence-electron chi connectivity index (χ1n) is 5.36. The molecule has 1 unspecified atom stereocenters. The van der Waals surface area contributed by atoms with Crippen molar-refractivity contribution in [1.29, 1.82) is 0 Å². The lowest BCUT2D eigenvalue weighted by atomic mass is 10.1. The monoisotopic (exact) mass is 314 g/mol. The number of hydrogen-bond acceptors (Lipinski definition) is 3. The number of halogens is 2. The van der Waals surface area contributed by atoms with Crippen LogP contribution in [-0.2, 0) is 0 Å². The van der Waals surface area contributed by atoms with Crippen molar-refractivity contribution < 1.29 is 4.52 Å². The van der Waals surface area contributed by atoms with Crippen LogP contribution in [0.5, 0.6) is 0 Å². The maximum atomic E-state index is 6.06. The molecule has 0 spiro atoms. The molecule has 2 aromatic rings. The van der Waals surface area contributed by atoms with Crippen LogP contribution >= 0.6 is 27.5 Å². The Bertz CT molecular complexity index is 527. The van der Waals surface area contributed by atoms with Gasteiger partial charge in [0, 0.05) is 4.47 Å². The van der Waals surface area contributed by atoms with Crippen LogP contribution in [0, 0.1) is 6.92 Å². The summed E-state index contributed by atoms with van der Waals surface area (Å²) in [6.45, 7) is 4.01. The van der Waals surface area contributed by atoms with Crippen molar-refractivity contribution in [3.63, 3.8) is 0 Å². The lowest BCUT2D eigenvalue weighted by molar-refractivity contribution is 0.421. The molecule has 0 N–H and O–H groups in total. The fourth-order valence-electron chi connectivity index (χ4n) is 1.45. The van der Waals surface area contributed by atoms with Crippen LogP contribution in [0.3, 0.4) is 0 Å². The summed E-state index contributed by atoms with van der Waals surface area (Å²) in [5, 5.41) is 3.69. The minimum atomic E-state index is -0.197. The van der Waals surface area contributed by atoms with Gasteiger partial charge >= 0.3 is 0 Å². The van der Waals surface area contributed by atoms with Crippen molar-refractivity contribution in [3.8, 4) is 11.5 Å². The lowest BCUT2D eigenvalue weighted by Crippen LogP contribution is -1.90. The highest BCUT2D eigenvalue weighted by atomic mass is 79.9. The Balaban J connectivity index is 2.37. The van der Waals surface area contributed by atoms with Crippen molar-refractivity contribution in [2.45, 2.75) is 25.6 Å². The number of aromatic nitrogens is 2. The second-order valence-corrected chi connectivity index (χ2v) is 5.20. The fraction of sp³-hybridized carbons (Fsp3) is 0.333. The van der Waals surface area contributed by atoms with Gasteiger partial charge in [0.2, 0.25) is 0 Å². The third kappa shape index (κ3) is 2.69. The Kier molecular flexibility index (Phi) is 3.84. The van der Waals surface area contributed by atoms with Gasteiger partial charge in [0.05, 0.1) is 10.9 Å². The van der Waals surface area contributed by atoms with Gasteiger partial charge in [-0.25, -0.2) is 0 Å². The quantitative estimate of drug-likeness (QED) is 0.783. The number of alkyl halides is 1. The molecule has 90 valence electrons. The summed E-state index contributed by atoms with van der Waals surface area (Å²) in [5.41, 5.74) is 2.05. The molecule has 1 atom stereocenters. The zero-order valence-electron chi connectivity index (χ0n) is 9.58. The second kappa shape index (κ2) is 5.19. The van der Waals surface area contributed by atoms with Gasteiger partial charge in [-0.05, 0) is 47.0 Å². The van der Waals surface area contributed by atoms with E-state index in [1.807, 2.05) is 32.0 Å². The molecule has 0 radical (unpaired) electrons. The average Bonchev–Trinajstić information content (AvgIpc) is 2.77. The Hall–Kier alpha value is -0.870. The van der Waals surface area contributed by atoms with Crippen molar-refractivity contribution in [2.24, 2.45) is 0 Å². The van der Waals surface area contributed by atoms with E-state index in [9.17, 15) is 0 Å². The molecule has 1 heterocycles. The molecule has 0 aliphatic rings. The van der Waals surface area contributed by atoms with Gasteiger partial charge in [0.25, 0.3) is 5.89 Å². The summed E-state index contributed by atoms with van der Waals surface area (Å²) in [7, 11) is 0. The predicted octanol–water partition coefficient (Wildman–Crippen LogP) is 4.50. The molecule has 0 saturated heterocycles. The summed E-state index contributed by atoms with van der Waals surface area (Å²) in [6.07, 6.45) is 0.773. The normalized spacial score (nSPS) is 12.7. The maximum absolute atomic E-state index is 6.06. The summed E-state index contributed by atoms with van der Waals surface area (Å²) >= 11 is 9.55. The van der Waals surface area contributed by atoms with Crippen LogP contribution in [0.15, 0.2) is 27.2 Å². The minimum Gasteiger partial charge on any atom is -0.334 e. The lowest BCUT2D eigenvalue weighted by Gasteiger charge is -2.00. The third-order valence-electron chi connectivity index (χ3n) is 2.44. The predicted molar refractivity (Wildman–Crippen MR) is 71.1 cm³/mol. The van der Waals surface area contributed by atoms with Crippen molar-refractivity contribution in [3.05, 3.63) is 34.1 Å². The number of benzene rings is 1. The van der Waals surface area contributed by atoms with Crippen molar-refractivity contribution in [2.75, 3.05) is 0 Å². The first-order chi connectivity index (χ1) is 8.11. The van der Waals surface area contributed by atoms with E-state index in [-0.39, 0.29) is 5.38 Å². The number of nitrogens with zero attached hydrogens (tertiary/aromatic N) is 2. The molecule has 2 rings (SSSR count). The van der Waals surface area contributed by atoms with E-state index in [1.54, 1.807) is 0 Å². The van der Waals surface area contributed by atoms with E-state index in [0.29, 0.717) is 11.7 Å².